The van der Waals surface area contributed by atoms with Gasteiger partial charge in [0.05, 0.1) is 15.1 Å². The Hall–Kier alpha value is -2.93. The van der Waals surface area contributed by atoms with Crippen molar-refractivity contribution >= 4 is 54.9 Å². The summed E-state index contributed by atoms with van der Waals surface area (Å²) in [5.41, 5.74) is 2.37. The molecule has 39 heavy (non-hydrogen) atoms. The molecule has 1 aliphatic carbocycles. The van der Waals surface area contributed by atoms with Crippen LogP contribution < -0.4 is 10.1 Å². The van der Waals surface area contributed by atoms with Crippen molar-refractivity contribution in [2.24, 2.45) is 5.92 Å². The Balaban J connectivity index is 1.31. The lowest BCUT2D eigenvalue weighted by Crippen LogP contribution is -2.57. The number of rotatable bonds is 10. The van der Waals surface area contributed by atoms with Crippen LogP contribution in [0.25, 0.3) is 10.4 Å². The standard InChI is InChI=1S/C27H27BrN2O7S2/c28-23-24(37-14-22(31)32)26(27(33)34)38-25(23)17-7-4-8-19(11-17)29-21-12-20-10-9-18(21)13-30(20)39(35,36)15-16-5-2-1-3-6-16/h1-8,11,18,20-21,29H,9-10,12-15H2,(H,31,32)(H,33,34). The smallest absolute Gasteiger partial charge is 0.349 e. The van der Waals surface area contributed by atoms with Crippen LogP contribution in [0.3, 0.4) is 0 Å². The van der Waals surface area contributed by atoms with Crippen molar-refractivity contribution in [1.82, 2.24) is 4.31 Å². The predicted molar refractivity (Wildman–Crippen MR) is 152 cm³/mol. The first-order valence-corrected chi connectivity index (χ1v) is 15.6. The van der Waals surface area contributed by atoms with E-state index in [0.717, 1.165) is 41.0 Å². The van der Waals surface area contributed by atoms with Gasteiger partial charge in [-0.3, -0.25) is 0 Å². The van der Waals surface area contributed by atoms with E-state index in [4.69, 9.17) is 9.84 Å². The molecule has 3 atom stereocenters. The fraction of sp³-hybridized carbons (Fsp3) is 0.333. The van der Waals surface area contributed by atoms with Gasteiger partial charge in [0.1, 0.15) is 0 Å². The molecule has 1 aromatic heterocycles. The van der Waals surface area contributed by atoms with Crippen LogP contribution in [0.5, 0.6) is 5.75 Å². The number of hydrogen-bond acceptors (Lipinski definition) is 7. The van der Waals surface area contributed by atoms with Crippen molar-refractivity contribution in [1.29, 1.82) is 0 Å². The minimum atomic E-state index is -3.42. The number of sulfonamides is 1. The number of carbonyl (C=O) groups is 2. The highest BCUT2D eigenvalue weighted by Crippen LogP contribution is 2.46. The van der Waals surface area contributed by atoms with Crippen LogP contribution in [0.4, 0.5) is 5.69 Å². The average Bonchev–Trinajstić information content (AvgIpc) is 3.24. The van der Waals surface area contributed by atoms with Crippen LogP contribution in [-0.2, 0) is 20.6 Å². The Morgan fingerprint density at radius 1 is 1.10 bits per heavy atom. The Morgan fingerprint density at radius 2 is 1.87 bits per heavy atom. The van der Waals surface area contributed by atoms with Crippen molar-refractivity contribution in [2.45, 2.75) is 37.1 Å². The van der Waals surface area contributed by atoms with E-state index in [-0.39, 0.29) is 34.4 Å². The summed E-state index contributed by atoms with van der Waals surface area (Å²) in [6, 6.07) is 16.9. The van der Waals surface area contributed by atoms with E-state index in [1.165, 1.54) is 0 Å². The number of piperidine rings is 2. The van der Waals surface area contributed by atoms with Crippen LogP contribution in [0.1, 0.15) is 34.5 Å². The summed E-state index contributed by atoms with van der Waals surface area (Å²) in [4.78, 5) is 23.3. The molecule has 2 saturated heterocycles. The molecule has 3 heterocycles. The summed E-state index contributed by atoms with van der Waals surface area (Å²) >= 11 is 4.41. The van der Waals surface area contributed by atoms with E-state index in [9.17, 15) is 23.1 Å². The van der Waals surface area contributed by atoms with Gasteiger partial charge in [0.2, 0.25) is 10.0 Å². The van der Waals surface area contributed by atoms with E-state index in [1.54, 1.807) is 4.31 Å². The molecule has 3 aromatic rings. The second-order valence-corrected chi connectivity index (χ2v) is 13.5. The van der Waals surface area contributed by atoms with E-state index >= 15 is 0 Å². The molecule has 0 radical (unpaired) electrons. The Morgan fingerprint density at radius 3 is 2.54 bits per heavy atom. The molecule has 2 aliphatic heterocycles. The molecule has 12 heteroatoms. The van der Waals surface area contributed by atoms with Gasteiger partial charge in [-0.05, 0) is 64.4 Å². The molecule has 6 rings (SSSR count). The zero-order valence-corrected chi connectivity index (χ0v) is 24.0. The van der Waals surface area contributed by atoms with E-state index in [2.05, 4.69) is 21.2 Å². The van der Waals surface area contributed by atoms with Crippen LogP contribution in [-0.4, -0.2) is 60.1 Å². The van der Waals surface area contributed by atoms with Crippen molar-refractivity contribution < 1.29 is 33.0 Å². The van der Waals surface area contributed by atoms with Gasteiger partial charge in [-0.25, -0.2) is 18.0 Å². The lowest BCUT2D eigenvalue weighted by atomic mass is 9.77. The largest absolute Gasteiger partial charge is 0.479 e. The zero-order chi connectivity index (χ0) is 27.7. The van der Waals surface area contributed by atoms with Crippen molar-refractivity contribution in [2.75, 3.05) is 18.5 Å². The molecule has 2 bridgehead atoms. The maximum atomic E-state index is 13.2. The maximum Gasteiger partial charge on any atom is 0.349 e. The van der Waals surface area contributed by atoms with Gasteiger partial charge in [0, 0.05) is 24.3 Å². The van der Waals surface area contributed by atoms with Gasteiger partial charge in [-0.15, -0.1) is 11.3 Å². The molecule has 0 spiro atoms. The van der Waals surface area contributed by atoms with Crippen molar-refractivity contribution in [3.8, 4) is 16.2 Å². The van der Waals surface area contributed by atoms with Gasteiger partial charge in [-0.1, -0.05) is 42.5 Å². The number of halogens is 1. The number of ether oxygens (including phenoxy) is 1. The highest BCUT2D eigenvalue weighted by molar-refractivity contribution is 9.10. The van der Waals surface area contributed by atoms with Crippen LogP contribution in [0.15, 0.2) is 59.1 Å². The molecule has 1 saturated carbocycles. The minimum Gasteiger partial charge on any atom is -0.479 e. The fourth-order valence-electron chi connectivity index (χ4n) is 5.41. The van der Waals surface area contributed by atoms with Gasteiger partial charge >= 0.3 is 11.9 Å². The van der Waals surface area contributed by atoms with Gasteiger partial charge in [-0.2, -0.15) is 4.31 Å². The number of carboxylic acid groups (broad SMARTS) is 2. The number of aliphatic carboxylic acids is 1. The number of fused-ring (bicyclic) bond motifs is 3. The van der Waals surface area contributed by atoms with Gasteiger partial charge < -0.3 is 20.3 Å². The molecule has 9 nitrogen and oxygen atoms in total. The lowest BCUT2D eigenvalue weighted by molar-refractivity contribution is -0.139. The molecule has 0 amide bonds. The second-order valence-electron chi connectivity index (χ2n) is 9.76. The molecule has 3 N–H and O–H groups in total. The third kappa shape index (κ3) is 5.98. The Bertz CT molecular complexity index is 1490. The minimum absolute atomic E-state index is 0.00336. The molecule has 2 aromatic carbocycles. The quantitative estimate of drug-likeness (QED) is 0.279. The normalized spacial score (nSPS) is 21.0. The number of nitrogens with zero attached hydrogens (tertiary/aromatic N) is 1. The summed E-state index contributed by atoms with van der Waals surface area (Å²) in [5.74, 6) is -2.24. The monoisotopic (exact) mass is 634 g/mol. The fourth-order valence-corrected chi connectivity index (χ4v) is 9.14. The van der Waals surface area contributed by atoms with Crippen molar-refractivity contribution in [3.05, 3.63) is 69.5 Å². The predicted octanol–water partition coefficient (Wildman–Crippen LogP) is 5.13. The average molecular weight is 636 g/mol. The lowest BCUT2D eigenvalue weighted by Gasteiger charge is -2.49. The van der Waals surface area contributed by atoms with Crippen LogP contribution >= 0.6 is 27.3 Å². The molecular formula is C27H27BrN2O7S2. The number of carboxylic acids is 2. The maximum absolute atomic E-state index is 13.2. The number of aromatic carboxylic acids is 1. The third-order valence-corrected chi connectivity index (χ3v) is 11.2. The SMILES string of the molecule is O=C(O)COc1c(C(=O)O)sc(-c2cccc(NC3CC4CCC3CN4S(=O)(=O)Cc3ccccc3)c2)c1Br. The Labute approximate surface area is 238 Å². The van der Waals surface area contributed by atoms with Gasteiger partial charge in [0.15, 0.2) is 17.2 Å². The van der Waals surface area contributed by atoms with E-state index < -0.39 is 28.6 Å². The first-order valence-electron chi connectivity index (χ1n) is 12.4. The molecule has 3 unspecified atom stereocenters. The number of thiophene rings is 1. The van der Waals surface area contributed by atoms with Crippen LogP contribution in [0.2, 0.25) is 0 Å². The highest BCUT2D eigenvalue weighted by atomic mass is 79.9. The van der Waals surface area contributed by atoms with E-state index in [0.29, 0.717) is 22.3 Å². The van der Waals surface area contributed by atoms with Gasteiger partial charge in [0.25, 0.3) is 0 Å². The summed E-state index contributed by atoms with van der Waals surface area (Å²) in [6.45, 7) is -0.168. The number of hydrogen-bond donors (Lipinski definition) is 3. The zero-order valence-electron chi connectivity index (χ0n) is 20.7. The third-order valence-electron chi connectivity index (χ3n) is 7.16. The summed E-state index contributed by atoms with van der Waals surface area (Å²) in [7, 11) is -3.42. The Kier molecular flexibility index (Phi) is 7.99. The first-order chi connectivity index (χ1) is 18.6. The molecule has 206 valence electrons. The summed E-state index contributed by atoms with van der Waals surface area (Å²) in [6.07, 6.45) is 2.50. The summed E-state index contributed by atoms with van der Waals surface area (Å²) in [5, 5.41) is 22.2. The number of nitrogens with one attached hydrogen (secondary N) is 1. The molecule has 3 fully saturated rings. The number of benzene rings is 2. The summed E-state index contributed by atoms with van der Waals surface area (Å²) < 4.78 is 33.8. The van der Waals surface area contributed by atoms with Crippen molar-refractivity contribution in [3.63, 3.8) is 0 Å². The second kappa shape index (κ2) is 11.3. The first kappa shape index (κ1) is 27.6. The topological polar surface area (TPSA) is 133 Å². The number of anilines is 1. The molecular weight excluding hydrogens is 608 g/mol. The molecule has 3 aliphatic rings. The highest BCUT2D eigenvalue weighted by Gasteiger charge is 2.45. The van der Waals surface area contributed by atoms with Crippen LogP contribution in [0, 0.1) is 5.92 Å². The van der Waals surface area contributed by atoms with E-state index in [1.807, 2.05) is 54.6 Å².